The molecule has 0 rings (SSSR count). The molecule has 16 heavy (non-hydrogen) atoms. The second kappa shape index (κ2) is 6.19. The van der Waals surface area contributed by atoms with Crippen molar-refractivity contribution in [1.29, 1.82) is 0 Å². The topological polar surface area (TPSA) is 96.9 Å². The molecule has 6 nitrogen and oxygen atoms in total. The summed E-state index contributed by atoms with van der Waals surface area (Å²) in [6, 6.07) is -0.496. The van der Waals surface area contributed by atoms with Crippen LogP contribution in [-0.2, 0) is 4.74 Å². The summed E-state index contributed by atoms with van der Waals surface area (Å²) in [4.78, 5) is 11.4. The van der Waals surface area contributed by atoms with Crippen molar-refractivity contribution in [3.8, 4) is 0 Å². The van der Waals surface area contributed by atoms with Gasteiger partial charge in [0.15, 0.2) is 5.84 Å². The van der Waals surface area contributed by atoms with Gasteiger partial charge in [-0.2, -0.15) is 0 Å². The minimum atomic E-state index is -0.572. The predicted molar refractivity (Wildman–Crippen MR) is 61.5 cm³/mol. The summed E-state index contributed by atoms with van der Waals surface area (Å²) >= 11 is 0. The van der Waals surface area contributed by atoms with Crippen LogP contribution >= 0.6 is 0 Å². The van der Waals surface area contributed by atoms with Gasteiger partial charge in [0.1, 0.15) is 5.60 Å². The third-order valence-electron chi connectivity index (χ3n) is 1.74. The van der Waals surface area contributed by atoms with Gasteiger partial charge in [-0.25, -0.2) is 4.79 Å². The molecule has 0 aliphatic carbocycles. The van der Waals surface area contributed by atoms with Gasteiger partial charge in [-0.05, 0) is 27.2 Å². The van der Waals surface area contributed by atoms with E-state index in [4.69, 9.17) is 15.7 Å². The van der Waals surface area contributed by atoms with Crippen LogP contribution in [0.5, 0.6) is 0 Å². The van der Waals surface area contributed by atoms with Crippen molar-refractivity contribution in [2.24, 2.45) is 10.9 Å². The van der Waals surface area contributed by atoms with Crippen molar-refractivity contribution in [2.75, 3.05) is 0 Å². The summed E-state index contributed by atoms with van der Waals surface area (Å²) in [6.45, 7) is 7.25. The van der Waals surface area contributed by atoms with Crippen LogP contribution in [0.4, 0.5) is 4.79 Å². The Morgan fingerprint density at radius 3 is 2.50 bits per heavy atom. The van der Waals surface area contributed by atoms with Crippen molar-refractivity contribution in [3.63, 3.8) is 0 Å². The quantitative estimate of drug-likeness (QED) is 0.295. The van der Waals surface area contributed by atoms with Gasteiger partial charge in [0.25, 0.3) is 0 Å². The molecule has 0 spiro atoms. The zero-order chi connectivity index (χ0) is 12.8. The molecule has 0 aliphatic rings. The van der Waals surface area contributed by atoms with Crippen LogP contribution in [0.3, 0.4) is 0 Å². The summed E-state index contributed by atoms with van der Waals surface area (Å²) in [5.74, 6) is -0.0206. The van der Waals surface area contributed by atoms with Crippen LogP contribution in [0.2, 0.25) is 0 Å². The number of amidine groups is 1. The van der Waals surface area contributed by atoms with Gasteiger partial charge in [-0.3, -0.25) is 0 Å². The van der Waals surface area contributed by atoms with E-state index in [0.29, 0.717) is 6.42 Å². The van der Waals surface area contributed by atoms with E-state index >= 15 is 0 Å². The standard InChI is InChI=1S/C10H21N3O3/c1-5-6-7(8(11)13-15)12-9(14)16-10(2,3)4/h7,15H,5-6H2,1-4H3,(H2,11,13)(H,12,14). The molecule has 0 aromatic carbocycles. The molecule has 0 fully saturated rings. The highest BCUT2D eigenvalue weighted by molar-refractivity contribution is 5.88. The number of amides is 1. The Hall–Kier alpha value is -1.46. The number of nitrogens with zero attached hydrogens (tertiary/aromatic N) is 1. The summed E-state index contributed by atoms with van der Waals surface area (Å²) in [7, 11) is 0. The molecule has 94 valence electrons. The maximum Gasteiger partial charge on any atom is 0.408 e. The molecule has 0 bridgehead atoms. The van der Waals surface area contributed by atoms with Crippen LogP contribution in [0.1, 0.15) is 40.5 Å². The van der Waals surface area contributed by atoms with Crippen LogP contribution in [-0.4, -0.2) is 28.8 Å². The highest BCUT2D eigenvalue weighted by Gasteiger charge is 2.21. The Kier molecular flexibility index (Phi) is 5.63. The van der Waals surface area contributed by atoms with Crippen molar-refractivity contribution in [1.82, 2.24) is 5.32 Å². The number of nitrogens with two attached hydrogens (primary N) is 1. The third kappa shape index (κ3) is 6.10. The number of nitrogens with one attached hydrogen (secondary N) is 1. The summed E-state index contributed by atoms with van der Waals surface area (Å²) < 4.78 is 5.07. The SMILES string of the molecule is CCCC(NC(=O)OC(C)(C)C)C(N)=NO. The van der Waals surface area contributed by atoms with Crippen LogP contribution < -0.4 is 11.1 Å². The van der Waals surface area contributed by atoms with E-state index in [1.807, 2.05) is 6.92 Å². The lowest BCUT2D eigenvalue weighted by atomic mass is 10.1. The van der Waals surface area contributed by atoms with E-state index in [9.17, 15) is 4.79 Å². The van der Waals surface area contributed by atoms with Crippen LogP contribution in [0.15, 0.2) is 5.16 Å². The Morgan fingerprint density at radius 2 is 2.12 bits per heavy atom. The van der Waals surface area contributed by atoms with E-state index in [2.05, 4.69) is 10.5 Å². The lowest BCUT2D eigenvalue weighted by Gasteiger charge is -2.22. The normalized spacial score (nSPS) is 14.4. The molecule has 0 saturated heterocycles. The van der Waals surface area contributed by atoms with Gasteiger partial charge >= 0.3 is 6.09 Å². The zero-order valence-corrected chi connectivity index (χ0v) is 10.3. The van der Waals surface area contributed by atoms with Gasteiger partial charge < -0.3 is 21.0 Å². The Morgan fingerprint density at radius 1 is 1.56 bits per heavy atom. The van der Waals surface area contributed by atoms with E-state index in [-0.39, 0.29) is 5.84 Å². The number of alkyl carbamates (subject to hydrolysis) is 1. The fourth-order valence-corrected chi connectivity index (χ4v) is 1.10. The molecular formula is C10H21N3O3. The smallest absolute Gasteiger partial charge is 0.408 e. The molecule has 0 aromatic heterocycles. The van der Waals surface area contributed by atoms with Gasteiger partial charge in [-0.1, -0.05) is 18.5 Å². The fraction of sp³-hybridized carbons (Fsp3) is 0.800. The zero-order valence-electron chi connectivity index (χ0n) is 10.3. The number of hydrogen-bond donors (Lipinski definition) is 3. The first-order chi connectivity index (χ1) is 7.30. The van der Waals surface area contributed by atoms with Crippen LogP contribution in [0.25, 0.3) is 0 Å². The molecule has 0 heterocycles. The highest BCUT2D eigenvalue weighted by Crippen LogP contribution is 2.07. The van der Waals surface area contributed by atoms with Crippen LogP contribution in [0, 0.1) is 0 Å². The number of carbonyl (C=O) groups is 1. The summed E-state index contributed by atoms with van der Waals surface area (Å²) in [5, 5.41) is 14.0. The largest absolute Gasteiger partial charge is 0.444 e. The third-order valence-corrected chi connectivity index (χ3v) is 1.74. The molecule has 0 saturated carbocycles. The molecule has 1 atom stereocenters. The number of oxime groups is 1. The monoisotopic (exact) mass is 231 g/mol. The minimum absolute atomic E-state index is 0.0206. The van der Waals surface area contributed by atoms with Crippen molar-refractivity contribution in [2.45, 2.75) is 52.2 Å². The van der Waals surface area contributed by atoms with Crippen molar-refractivity contribution >= 4 is 11.9 Å². The van der Waals surface area contributed by atoms with E-state index < -0.39 is 17.7 Å². The van der Waals surface area contributed by atoms with E-state index in [1.54, 1.807) is 20.8 Å². The van der Waals surface area contributed by atoms with Crippen molar-refractivity contribution < 1.29 is 14.7 Å². The van der Waals surface area contributed by atoms with Gasteiger partial charge in [0.05, 0.1) is 6.04 Å². The Balaban J connectivity index is 4.35. The molecule has 0 aromatic rings. The first-order valence-electron chi connectivity index (χ1n) is 5.27. The number of hydrogen-bond acceptors (Lipinski definition) is 4. The maximum atomic E-state index is 11.4. The Bertz CT molecular complexity index is 259. The Labute approximate surface area is 95.8 Å². The van der Waals surface area contributed by atoms with E-state index in [1.165, 1.54) is 0 Å². The number of rotatable bonds is 4. The molecule has 0 radical (unpaired) electrons. The van der Waals surface area contributed by atoms with Gasteiger partial charge in [0.2, 0.25) is 0 Å². The summed E-state index contributed by atoms with van der Waals surface area (Å²) in [6.07, 6.45) is 0.823. The second-order valence-corrected chi connectivity index (χ2v) is 4.51. The second-order valence-electron chi connectivity index (χ2n) is 4.51. The summed E-state index contributed by atoms with van der Waals surface area (Å²) in [5.41, 5.74) is 4.88. The minimum Gasteiger partial charge on any atom is -0.444 e. The highest BCUT2D eigenvalue weighted by atomic mass is 16.6. The predicted octanol–water partition coefficient (Wildman–Crippen LogP) is 1.43. The molecule has 1 unspecified atom stereocenters. The van der Waals surface area contributed by atoms with Gasteiger partial charge in [0, 0.05) is 0 Å². The molecule has 4 N–H and O–H groups in total. The fourth-order valence-electron chi connectivity index (χ4n) is 1.10. The first-order valence-corrected chi connectivity index (χ1v) is 5.27. The van der Waals surface area contributed by atoms with E-state index in [0.717, 1.165) is 6.42 Å². The average Bonchev–Trinajstić information content (AvgIpc) is 2.13. The number of carbonyl (C=O) groups excluding carboxylic acids is 1. The van der Waals surface area contributed by atoms with Gasteiger partial charge in [-0.15, -0.1) is 0 Å². The number of ether oxygens (including phenoxy) is 1. The average molecular weight is 231 g/mol. The van der Waals surface area contributed by atoms with Crippen molar-refractivity contribution in [3.05, 3.63) is 0 Å². The lowest BCUT2D eigenvalue weighted by molar-refractivity contribution is 0.0515. The molecule has 0 aliphatic heterocycles. The lowest BCUT2D eigenvalue weighted by Crippen LogP contribution is -2.46. The molecule has 1 amide bonds. The molecular weight excluding hydrogens is 210 g/mol. The molecule has 6 heteroatoms. The maximum absolute atomic E-state index is 11.4. The first kappa shape index (κ1) is 14.5.